The highest BCUT2D eigenvalue weighted by Gasteiger charge is 2.16. The molecule has 124 valence electrons. The molecule has 0 radical (unpaired) electrons. The second kappa shape index (κ2) is 7.87. The van der Waals surface area contributed by atoms with Crippen molar-refractivity contribution in [2.24, 2.45) is 5.16 Å². The number of amides is 1. The number of Topliss-reactive ketones (excluding diaryl/α,β-unsaturated/α-hetero) is 1. The van der Waals surface area contributed by atoms with Crippen molar-refractivity contribution in [3.8, 4) is 0 Å². The van der Waals surface area contributed by atoms with Gasteiger partial charge in [0, 0.05) is 12.0 Å². The van der Waals surface area contributed by atoms with Crippen LogP contribution < -0.4 is 10.9 Å². The van der Waals surface area contributed by atoms with Crippen molar-refractivity contribution in [1.82, 2.24) is 0 Å². The highest BCUT2D eigenvalue weighted by molar-refractivity contribution is 6.05. The van der Waals surface area contributed by atoms with E-state index in [2.05, 4.69) is 15.3 Å². The normalized spacial score (nSPS) is 10.6. The van der Waals surface area contributed by atoms with E-state index in [9.17, 15) is 14.4 Å². The van der Waals surface area contributed by atoms with Crippen LogP contribution in [0, 0.1) is 0 Å². The molecule has 24 heavy (non-hydrogen) atoms. The molecule has 0 aliphatic carbocycles. The zero-order valence-corrected chi connectivity index (χ0v) is 13.2. The average molecular weight is 328 g/mol. The first kappa shape index (κ1) is 17.1. The lowest BCUT2D eigenvalue weighted by atomic mass is 10.1. The van der Waals surface area contributed by atoms with Gasteiger partial charge in [-0.3, -0.25) is 9.59 Å². The Balaban J connectivity index is 2.33. The Morgan fingerprint density at radius 1 is 1.29 bits per heavy atom. The van der Waals surface area contributed by atoms with Crippen LogP contribution in [0.2, 0.25) is 0 Å². The first-order valence-electron chi connectivity index (χ1n) is 7.12. The minimum atomic E-state index is -0.745. The number of ketones is 1. The summed E-state index contributed by atoms with van der Waals surface area (Å²) in [5, 5.41) is 6.00. The Bertz CT molecular complexity index is 825. The molecule has 0 atom stereocenters. The van der Waals surface area contributed by atoms with Gasteiger partial charge in [0.2, 0.25) is 0 Å². The van der Waals surface area contributed by atoms with Crippen LogP contribution in [0.4, 0.5) is 5.69 Å². The molecule has 0 fully saturated rings. The molecule has 0 bridgehead atoms. The number of rotatable bonds is 6. The first-order valence-corrected chi connectivity index (χ1v) is 7.12. The van der Waals surface area contributed by atoms with Gasteiger partial charge < -0.3 is 14.6 Å². The summed E-state index contributed by atoms with van der Waals surface area (Å²) in [5.41, 5.74) is -0.260. The Morgan fingerprint density at radius 3 is 2.62 bits per heavy atom. The molecule has 7 heteroatoms. The van der Waals surface area contributed by atoms with E-state index in [4.69, 9.17) is 4.42 Å². The van der Waals surface area contributed by atoms with Gasteiger partial charge in [0.05, 0.1) is 11.8 Å². The lowest BCUT2D eigenvalue weighted by Gasteiger charge is -2.08. The van der Waals surface area contributed by atoms with Crippen molar-refractivity contribution in [2.45, 2.75) is 13.3 Å². The van der Waals surface area contributed by atoms with E-state index in [1.165, 1.54) is 26.3 Å². The lowest BCUT2D eigenvalue weighted by molar-refractivity contribution is 0.100. The third-order valence-electron chi connectivity index (χ3n) is 3.14. The predicted octanol–water partition coefficient (Wildman–Crippen LogP) is 2.27. The van der Waals surface area contributed by atoms with Gasteiger partial charge in [-0.1, -0.05) is 23.4 Å². The van der Waals surface area contributed by atoms with Crippen molar-refractivity contribution < 1.29 is 18.8 Å². The number of anilines is 1. The summed E-state index contributed by atoms with van der Waals surface area (Å²) >= 11 is 0. The van der Waals surface area contributed by atoms with Crippen LogP contribution in [-0.2, 0) is 11.3 Å². The monoisotopic (exact) mass is 328 g/mol. The maximum atomic E-state index is 12.1. The van der Waals surface area contributed by atoms with E-state index in [0.717, 1.165) is 0 Å². The van der Waals surface area contributed by atoms with Crippen molar-refractivity contribution in [3.05, 3.63) is 63.7 Å². The molecule has 2 rings (SSSR count). The van der Waals surface area contributed by atoms with Crippen LogP contribution in [0.5, 0.6) is 0 Å². The van der Waals surface area contributed by atoms with Crippen LogP contribution in [0.3, 0.4) is 0 Å². The quantitative estimate of drug-likeness (QED) is 0.498. The minimum absolute atomic E-state index is 0.0958. The van der Waals surface area contributed by atoms with Gasteiger partial charge in [0.15, 0.2) is 5.78 Å². The molecule has 0 aliphatic rings. The van der Waals surface area contributed by atoms with Gasteiger partial charge in [0.1, 0.15) is 18.6 Å². The Kier molecular flexibility index (Phi) is 5.62. The number of carbonyl (C=O) groups excluding carboxylic acids is 2. The summed E-state index contributed by atoms with van der Waals surface area (Å²) in [6.07, 6.45) is 1.48. The molecule has 2 aromatic rings. The Morgan fingerprint density at radius 2 is 2.00 bits per heavy atom. The van der Waals surface area contributed by atoms with Crippen molar-refractivity contribution in [3.63, 3.8) is 0 Å². The van der Waals surface area contributed by atoms with E-state index in [0.29, 0.717) is 5.56 Å². The zero-order chi connectivity index (χ0) is 17.5. The minimum Gasteiger partial charge on any atom is -0.425 e. The third-order valence-corrected chi connectivity index (χ3v) is 3.14. The summed E-state index contributed by atoms with van der Waals surface area (Å²) in [7, 11) is 1.38. The third kappa shape index (κ3) is 4.16. The maximum Gasteiger partial charge on any atom is 0.359 e. The van der Waals surface area contributed by atoms with E-state index < -0.39 is 11.5 Å². The molecule has 0 unspecified atom stereocenters. The second-order valence-corrected chi connectivity index (χ2v) is 4.84. The van der Waals surface area contributed by atoms with Gasteiger partial charge >= 0.3 is 5.63 Å². The zero-order valence-electron chi connectivity index (χ0n) is 13.2. The van der Waals surface area contributed by atoms with Crippen LogP contribution in [0.1, 0.15) is 33.4 Å². The highest BCUT2D eigenvalue weighted by Crippen LogP contribution is 2.14. The summed E-state index contributed by atoms with van der Waals surface area (Å²) in [4.78, 5) is 40.5. The smallest absolute Gasteiger partial charge is 0.359 e. The summed E-state index contributed by atoms with van der Waals surface area (Å²) in [5.74, 6) is -0.605. The fourth-order valence-electron chi connectivity index (χ4n) is 2.02. The van der Waals surface area contributed by atoms with Crippen LogP contribution in [-0.4, -0.2) is 25.0 Å². The molecule has 1 heterocycles. The number of nitrogens with one attached hydrogen (secondary N) is 1. The van der Waals surface area contributed by atoms with Gasteiger partial charge in [-0.25, -0.2) is 4.79 Å². The maximum absolute atomic E-state index is 12.1. The van der Waals surface area contributed by atoms with Crippen LogP contribution in [0.25, 0.3) is 0 Å². The van der Waals surface area contributed by atoms with E-state index in [1.807, 2.05) is 0 Å². The van der Waals surface area contributed by atoms with Crippen molar-refractivity contribution >= 4 is 23.6 Å². The van der Waals surface area contributed by atoms with Crippen LogP contribution in [0.15, 0.2) is 50.8 Å². The molecule has 7 nitrogen and oxygen atoms in total. The number of carbonyl (C=O) groups is 2. The number of oxime groups is 1. The SMILES string of the molecule is CO/N=C\Cc1oc(=O)c(NC(=O)c2ccccc2)cc1C(C)=O. The molecule has 1 amide bonds. The molecule has 1 aromatic heterocycles. The standard InChI is InChI=1S/C17H16N2O5/c1-11(20)13-10-14(17(22)24-15(13)8-9-18-23-2)19-16(21)12-6-4-3-5-7-12/h3-7,9-10H,8H2,1-2H3,(H,19,21)/b18-9-. The topological polar surface area (TPSA) is 98.0 Å². The second-order valence-electron chi connectivity index (χ2n) is 4.84. The lowest BCUT2D eigenvalue weighted by Crippen LogP contribution is -2.20. The Labute approximate surface area is 137 Å². The molecular weight excluding hydrogens is 312 g/mol. The van der Waals surface area contributed by atoms with Gasteiger partial charge in [-0.15, -0.1) is 0 Å². The fraction of sp³-hybridized carbons (Fsp3) is 0.176. The summed E-state index contributed by atoms with van der Waals surface area (Å²) in [6, 6.07) is 9.71. The molecular formula is C17H16N2O5. The average Bonchev–Trinajstić information content (AvgIpc) is 2.57. The first-order chi connectivity index (χ1) is 11.5. The highest BCUT2D eigenvalue weighted by atomic mass is 16.6. The molecule has 0 aliphatic heterocycles. The number of benzene rings is 1. The van der Waals surface area contributed by atoms with Crippen molar-refractivity contribution in [1.29, 1.82) is 0 Å². The van der Waals surface area contributed by atoms with E-state index in [1.54, 1.807) is 30.3 Å². The van der Waals surface area contributed by atoms with Gasteiger partial charge in [0.25, 0.3) is 5.91 Å². The number of hydrogen-bond donors (Lipinski definition) is 1. The van der Waals surface area contributed by atoms with E-state index in [-0.39, 0.29) is 29.2 Å². The van der Waals surface area contributed by atoms with Gasteiger partial charge in [-0.2, -0.15) is 0 Å². The molecule has 0 spiro atoms. The summed E-state index contributed by atoms with van der Waals surface area (Å²) < 4.78 is 5.15. The molecule has 0 saturated heterocycles. The molecule has 0 saturated carbocycles. The molecule has 1 N–H and O–H groups in total. The van der Waals surface area contributed by atoms with E-state index >= 15 is 0 Å². The summed E-state index contributed by atoms with van der Waals surface area (Å²) in [6.45, 7) is 1.34. The number of nitrogens with zero attached hydrogens (tertiary/aromatic N) is 1. The van der Waals surface area contributed by atoms with Crippen LogP contribution >= 0.6 is 0 Å². The molecule has 1 aromatic carbocycles. The fourth-order valence-corrected chi connectivity index (χ4v) is 2.02. The number of hydrogen-bond acceptors (Lipinski definition) is 6. The predicted molar refractivity (Wildman–Crippen MR) is 88.6 cm³/mol. The van der Waals surface area contributed by atoms with Gasteiger partial charge in [-0.05, 0) is 25.1 Å². The largest absolute Gasteiger partial charge is 0.425 e. The van der Waals surface area contributed by atoms with Crippen molar-refractivity contribution in [2.75, 3.05) is 12.4 Å². The Hall–Kier alpha value is -3.22.